The van der Waals surface area contributed by atoms with Gasteiger partial charge in [-0.05, 0) is 35.0 Å². The maximum absolute atomic E-state index is 13.5. The maximum atomic E-state index is 13.5. The van der Waals surface area contributed by atoms with Gasteiger partial charge in [-0.3, -0.25) is 9.69 Å². The number of hydrogen-bond donors (Lipinski definition) is 0. The Bertz CT molecular complexity index is 1230. The molecule has 5 rings (SSSR count). The van der Waals surface area contributed by atoms with Gasteiger partial charge in [0.1, 0.15) is 24.7 Å². The fourth-order valence-corrected chi connectivity index (χ4v) is 3.67. The first-order chi connectivity index (χ1) is 15.2. The van der Waals surface area contributed by atoms with E-state index < -0.39 is 0 Å². The van der Waals surface area contributed by atoms with Gasteiger partial charge in [0.2, 0.25) is 5.82 Å². The Morgan fingerprint density at radius 1 is 1.03 bits per heavy atom. The van der Waals surface area contributed by atoms with Crippen molar-refractivity contribution < 1.29 is 13.9 Å². The highest BCUT2D eigenvalue weighted by Gasteiger charge is 2.33. The third-order valence-electron chi connectivity index (χ3n) is 5.10. The summed E-state index contributed by atoms with van der Waals surface area (Å²) in [6.45, 7) is 0.228. The van der Waals surface area contributed by atoms with Gasteiger partial charge in [-0.1, -0.05) is 54.6 Å². The lowest BCUT2D eigenvalue weighted by atomic mass is 10.0. The third-order valence-corrected chi connectivity index (χ3v) is 5.10. The number of aromatic nitrogens is 4. The Kier molecular flexibility index (Phi) is 4.87. The zero-order valence-electron chi connectivity index (χ0n) is 16.4. The maximum Gasteiger partial charge on any atom is 0.251 e. The van der Waals surface area contributed by atoms with E-state index in [4.69, 9.17) is 4.74 Å². The summed E-state index contributed by atoms with van der Waals surface area (Å²) in [5.74, 6) is 0.317. The number of carbonyl (C=O) groups excluding carboxylic acids is 1. The van der Waals surface area contributed by atoms with Crippen LogP contribution in [0.25, 0.3) is 11.4 Å². The van der Waals surface area contributed by atoms with Gasteiger partial charge in [-0.2, -0.15) is 4.80 Å². The van der Waals surface area contributed by atoms with Crippen LogP contribution in [-0.2, 0) is 11.3 Å². The molecule has 0 saturated carbocycles. The summed E-state index contributed by atoms with van der Waals surface area (Å²) < 4.78 is 19.4. The number of amides is 1. The molecular formula is C23H18FN5O2. The molecule has 3 aromatic carbocycles. The van der Waals surface area contributed by atoms with Gasteiger partial charge in [-0.15, -0.1) is 10.2 Å². The van der Waals surface area contributed by atoms with Crippen molar-refractivity contribution in [1.82, 2.24) is 20.2 Å². The van der Waals surface area contributed by atoms with E-state index in [0.717, 1.165) is 5.56 Å². The van der Waals surface area contributed by atoms with Crippen molar-refractivity contribution in [2.45, 2.75) is 12.6 Å². The highest BCUT2D eigenvalue weighted by Crippen LogP contribution is 2.39. The Morgan fingerprint density at radius 2 is 1.84 bits per heavy atom. The first-order valence-corrected chi connectivity index (χ1v) is 9.81. The second kappa shape index (κ2) is 7.98. The van der Waals surface area contributed by atoms with Gasteiger partial charge in [-0.25, -0.2) is 4.39 Å². The molecule has 0 N–H and O–H groups in total. The number of ether oxygens (including phenoxy) is 1. The summed E-state index contributed by atoms with van der Waals surface area (Å²) in [5.41, 5.74) is 2.16. The van der Waals surface area contributed by atoms with E-state index in [1.165, 1.54) is 16.9 Å². The van der Waals surface area contributed by atoms with Crippen LogP contribution in [0.15, 0.2) is 78.9 Å². The molecule has 0 bridgehead atoms. The van der Waals surface area contributed by atoms with E-state index in [1.807, 2.05) is 54.6 Å². The fraction of sp³-hybridized carbons (Fsp3) is 0.130. The van der Waals surface area contributed by atoms with Gasteiger partial charge < -0.3 is 4.74 Å². The van der Waals surface area contributed by atoms with Crippen LogP contribution in [0.5, 0.6) is 5.75 Å². The highest BCUT2D eigenvalue weighted by molar-refractivity contribution is 5.96. The molecule has 0 radical (unpaired) electrons. The molecule has 31 heavy (non-hydrogen) atoms. The van der Waals surface area contributed by atoms with E-state index in [1.54, 1.807) is 17.0 Å². The Balaban J connectivity index is 1.45. The van der Waals surface area contributed by atoms with Crippen LogP contribution < -0.4 is 9.64 Å². The monoisotopic (exact) mass is 415 g/mol. The van der Waals surface area contributed by atoms with Crippen LogP contribution in [-0.4, -0.2) is 32.7 Å². The third kappa shape index (κ3) is 3.75. The number of hydrogen-bond acceptors (Lipinski definition) is 5. The van der Waals surface area contributed by atoms with Gasteiger partial charge >= 0.3 is 0 Å². The SMILES string of the molecule is O=C(Cn1nnc(-c2cccc(F)c2)n1)N1c2ccccc2OCC1c1ccccc1. The molecule has 1 aliphatic heterocycles. The lowest BCUT2D eigenvalue weighted by molar-refractivity contribution is -0.120. The first kappa shape index (κ1) is 18.9. The van der Waals surface area contributed by atoms with Crippen molar-refractivity contribution in [2.24, 2.45) is 0 Å². The van der Waals surface area contributed by atoms with Crippen molar-refractivity contribution >= 4 is 11.6 Å². The number of benzene rings is 3. The zero-order valence-corrected chi connectivity index (χ0v) is 16.4. The standard InChI is InChI=1S/C23H18FN5O2/c24-18-10-6-9-17(13-18)23-25-27-28(26-23)14-22(30)29-19-11-4-5-12-21(19)31-15-20(29)16-7-2-1-3-8-16/h1-13,20H,14-15H2. The Hall–Kier alpha value is -4.07. The minimum Gasteiger partial charge on any atom is -0.489 e. The summed E-state index contributed by atoms with van der Waals surface area (Å²) in [7, 11) is 0. The quantitative estimate of drug-likeness (QED) is 0.509. The van der Waals surface area contributed by atoms with E-state index in [9.17, 15) is 9.18 Å². The van der Waals surface area contributed by atoms with Gasteiger partial charge in [0.15, 0.2) is 0 Å². The number of tetrazole rings is 1. The van der Waals surface area contributed by atoms with Crippen LogP contribution >= 0.6 is 0 Å². The molecule has 0 aliphatic carbocycles. The molecule has 1 amide bonds. The molecule has 154 valence electrons. The summed E-state index contributed by atoms with van der Waals surface area (Å²) >= 11 is 0. The topological polar surface area (TPSA) is 73.1 Å². The number of nitrogens with zero attached hydrogens (tertiary/aromatic N) is 5. The van der Waals surface area contributed by atoms with Crippen molar-refractivity contribution in [3.8, 4) is 17.1 Å². The predicted molar refractivity (Wildman–Crippen MR) is 112 cm³/mol. The van der Waals surface area contributed by atoms with Crippen molar-refractivity contribution in [3.05, 3.63) is 90.2 Å². The van der Waals surface area contributed by atoms with Crippen LogP contribution in [0.1, 0.15) is 11.6 Å². The molecule has 1 aliphatic rings. The minimum absolute atomic E-state index is 0.111. The predicted octanol–water partition coefficient (Wildman–Crippen LogP) is 3.65. The molecular weight excluding hydrogens is 397 g/mol. The molecule has 0 fully saturated rings. The molecule has 1 atom stereocenters. The van der Waals surface area contributed by atoms with Crippen LogP contribution in [0.3, 0.4) is 0 Å². The van der Waals surface area contributed by atoms with E-state index in [-0.39, 0.29) is 30.1 Å². The number of fused-ring (bicyclic) bond motifs is 1. The van der Waals surface area contributed by atoms with Crippen LogP contribution in [0.4, 0.5) is 10.1 Å². The average molecular weight is 415 g/mol. The van der Waals surface area contributed by atoms with Gasteiger partial charge in [0, 0.05) is 5.56 Å². The molecule has 4 aromatic rings. The van der Waals surface area contributed by atoms with Gasteiger partial charge in [0.05, 0.1) is 11.7 Å². The molecule has 8 heteroatoms. The summed E-state index contributed by atoms with van der Waals surface area (Å²) in [4.78, 5) is 16.3. The second-order valence-corrected chi connectivity index (χ2v) is 7.12. The number of rotatable bonds is 4. The summed E-state index contributed by atoms with van der Waals surface area (Å²) in [6.07, 6.45) is 0. The lowest BCUT2D eigenvalue weighted by Gasteiger charge is -2.37. The normalized spacial score (nSPS) is 15.3. The van der Waals surface area contributed by atoms with Crippen molar-refractivity contribution in [3.63, 3.8) is 0 Å². The van der Waals surface area contributed by atoms with Crippen molar-refractivity contribution in [1.29, 1.82) is 0 Å². The largest absolute Gasteiger partial charge is 0.489 e. The van der Waals surface area contributed by atoms with E-state index in [0.29, 0.717) is 23.6 Å². The van der Waals surface area contributed by atoms with Crippen molar-refractivity contribution in [2.75, 3.05) is 11.5 Å². The van der Waals surface area contributed by atoms with E-state index >= 15 is 0 Å². The first-order valence-electron chi connectivity index (χ1n) is 9.81. The minimum atomic E-state index is -0.388. The average Bonchev–Trinajstić information content (AvgIpc) is 3.27. The molecule has 1 unspecified atom stereocenters. The molecule has 7 nitrogen and oxygen atoms in total. The summed E-state index contributed by atoms with van der Waals surface area (Å²) in [5, 5.41) is 12.2. The van der Waals surface area contributed by atoms with Crippen LogP contribution in [0.2, 0.25) is 0 Å². The number of halogens is 1. The number of para-hydroxylation sites is 2. The van der Waals surface area contributed by atoms with E-state index in [2.05, 4.69) is 15.4 Å². The lowest BCUT2D eigenvalue weighted by Crippen LogP contribution is -2.43. The fourth-order valence-electron chi connectivity index (χ4n) is 3.67. The second-order valence-electron chi connectivity index (χ2n) is 7.12. The highest BCUT2D eigenvalue weighted by atomic mass is 19.1. The van der Waals surface area contributed by atoms with Gasteiger partial charge in [0.25, 0.3) is 5.91 Å². The zero-order chi connectivity index (χ0) is 21.2. The van der Waals surface area contributed by atoms with Crippen LogP contribution in [0, 0.1) is 5.82 Å². The Morgan fingerprint density at radius 3 is 2.68 bits per heavy atom. The molecule has 1 aromatic heterocycles. The summed E-state index contributed by atoms with van der Waals surface area (Å²) in [6, 6.07) is 22.8. The smallest absolute Gasteiger partial charge is 0.251 e. The molecule has 0 saturated heterocycles. The molecule has 0 spiro atoms. The number of carbonyl (C=O) groups is 1. The Labute approximate surface area is 177 Å². The number of anilines is 1. The molecule has 2 heterocycles.